The van der Waals surface area contributed by atoms with Crippen LogP contribution < -0.4 is 5.32 Å². The van der Waals surface area contributed by atoms with E-state index in [0.29, 0.717) is 12.8 Å². The van der Waals surface area contributed by atoms with E-state index in [1.807, 2.05) is 13.8 Å². The van der Waals surface area contributed by atoms with Crippen molar-refractivity contribution in [2.45, 2.75) is 58.2 Å². The fourth-order valence-corrected chi connectivity index (χ4v) is 4.89. The van der Waals surface area contributed by atoms with Gasteiger partial charge in [0.15, 0.2) is 9.84 Å². The Labute approximate surface area is 142 Å². The molecule has 0 spiro atoms. The number of sulfone groups is 1. The van der Waals surface area contributed by atoms with Gasteiger partial charge in [0.05, 0.1) is 11.5 Å². The minimum atomic E-state index is -3.14. The van der Waals surface area contributed by atoms with E-state index in [2.05, 4.69) is 5.32 Å². The lowest BCUT2D eigenvalue weighted by Gasteiger charge is -2.34. The Morgan fingerprint density at radius 1 is 1.42 bits per heavy atom. The normalized spacial score (nSPS) is 26.3. The summed E-state index contributed by atoms with van der Waals surface area (Å²) in [5, 5.41) is 2.53. The second kappa shape index (κ2) is 6.34. The fourth-order valence-electron chi connectivity index (χ4n) is 3.18. The number of hydrogen-bond donors (Lipinski definition) is 1. The molecule has 2 heterocycles. The molecule has 24 heavy (non-hydrogen) atoms. The predicted octanol–water partition coefficient (Wildman–Crippen LogP) is 0.131. The van der Waals surface area contributed by atoms with Crippen LogP contribution in [0.1, 0.15) is 40.5 Å². The summed E-state index contributed by atoms with van der Waals surface area (Å²) in [5.74, 6) is -0.848. The second-order valence-corrected chi connectivity index (χ2v) is 9.29. The van der Waals surface area contributed by atoms with Crippen LogP contribution in [-0.4, -0.2) is 71.7 Å². The quantitative estimate of drug-likeness (QED) is 0.703. The molecule has 2 rings (SSSR count). The third-order valence-corrected chi connectivity index (χ3v) is 6.44. The van der Waals surface area contributed by atoms with Crippen LogP contribution in [0.15, 0.2) is 0 Å². The molecule has 136 valence electrons. The first kappa shape index (κ1) is 18.7. The first-order valence-corrected chi connectivity index (χ1v) is 9.96. The maximum absolute atomic E-state index is 12.8. The van der Waals surface area contributed by atoms with E-state index in [-0.39, 0.29) is 24.1 Å². The van der Waals surface area contributed by atoms with Crippen molar-refractivity contribution in [3.63, 3.8) is 0 Å². The van der Waals surface area contributed by atoms with Crippen molar-refractivity contribution in [2.75, 3.05) is 18.1 Å². The number of nitrogens with zero attached hydrogens (tertiary/aromatic N) is 2. The Kier molecular flexibility index (Phi) is 4.94. The van der Waals surface area contributed by atoms with E-state index in [1.165, 1.54) is 4.90 Å². The van der Waals surface area contributed by atoms with Gasteiger partial charge >= 0.3 is 6.03 Å². The summed E-state index contributed by atoms with van der Waals surface area (Å²) >= 11 is 0. The third-order valence-electron chi connectivity index (χ3n) is 4.69. The summed E-state index contributed by atoms with van der Waals surface area (Å²) in [7, 11) is -3.14. The number of carbonyl (C=O) groups excluding carboxylic acids is 3. The van der Waals surface area contributed by atoms with Crippen LogP contribution in [-0.2, 0) is 19.4 Å². The van der Waals surface area contributed by atoms with Crippen molar-refractivity contribution in [3.8, 4) is 0 Å². The molecule has 0 aromatic carbocycles. The fraction of sp³-hybridized carbons (Fsp3) is 0.800. The molecule has 2 saturated heterocycles. The van der Waals surface area contributed by atoms with Gasteiger partial charge in [-0.05, 0) is 33.6 Å². The first-order chi connectivity index (χ1) is 11.0. The highest BCUT2D eigenvalue weighted by Gasteiger charge is 2.46. The lowest BCUT2D eigenvalue weighted by molar-refractivity contribution is -0.141. The Morgan fingerprint density at radius 3 is 2.46 bits per heavy atom. The van der Waals surface area contributed by atoms with Gasteiger partial charge in [0.25, 0.3) is 5.91 Å². The lowest BCUT2D eigenvalue weighted by atomic mass is 10.1. The topological polar surface area (TPSA) is 104 Å². The van der Waals surface area contributed by atoms with Crippen LogP contribution in [0, 0.1) is 0 Å². The zero-order valence-electron chi connectivity index (χ0n) is 14.5. The van der Waals surface area contributed by atoms with Crippen LogP contribution >= 0.6 is 0 Å². The number of urea groups is 1. The van der Waals surface area contributed by atoms with E-state index < -0.39 is 39.3 Å². The standard InChI is InChI=1S/C15H25N3O5S/c1-5-10(2)18(11-6-7-24(22,23)9-11)12(19)8-17-13(20)15(3,4)16-14(17)21/h10-11H,5-9H2,1-4H3,(H,16,21)/t10-,11+/m0/s1. The molecule has 0 unspecified atom stereocenters. The molecule has 0 radical (unpaired) electrons. The van der Waals surface area contributed by atoms with Gasteiger partial charge in [-0.15, -0.1) is 0 Å². The Morgan fingerprint density at radius 2 is 2.04 bits per heavy atom. The highest BCUT2D eigenvalue weighted by Crippen LogP contribution is 2.23. The molecule has 0 bridgehead atoms. The number of hydrogen-bond acceptors (Lipinski definition) is 5. The predicted molar refractivity (Wildman–Crippen MR) is 88.0 cm³/mol. The molecule has 2 fully saturated rings. The van der Waals surface area contributed by atoms with Crippen molar-refractivity contribution in [3.05, 3.63) is 0 Å². The smallest absolute Gasteiger partial charge is 0.325 e. The SMILES string of the molecule is CC[C@H](C)N(C(=O)CN1C(=O)NC(C)(C)C1=O)[C@@H]1CCS(=O)(=O)C1. The Hall–Kier alpha value is -1.64. The summed E-state index contributed by atoms with van der Waals surface area (Å²) in [6, 6.07) is -1.16. The number of amides is 4. The van der Waals surface area contributed by atoms with Crippen molar-refractivity contribution >= 4 is 27.7 Å². The van der Waals surface area contributed by atoms with Gasteiger partial charge in [-0.3, -0.25) is 14.5 Å². The second-order valence-electron chi connectivity index (χ2n) is 7.06. The third kappa shape index (κ3) is 3.55. The van der Waals surface area contributed by atoms with Gasteiger partial charge in [0, 0.05) is 12.1 Å². The van der Waals surface area contributed by atoms with E-state index in [1.54, 1.807) is 13.8 Å². The number of carbonyl (C=O) groups is 3. The summed E-state index contributed by atoms with van der Waals surface area (Å²) < 4.78 is 23.5. The van der Waals surface area contributed by atoms with Gasteiger partial charge in [-0.1, -0.05) is 6.92 Å². The molecule has 0 aromatic heterocycles. The number of imide groups is 1. The molecule has 2 aliphatic heterocycles. The number of rotatable bonds is 5. The largest absolute Gasteiger partial charge is 0.334 e. The van der Waals surface area contributed by atoms with E-state index in [9.17, 15) is 22.8 Å². The molecule has 2 atom stereocenters. The lowest BCUT2D eigenvalue weighted by Crippen LogP contribution is -2.51. The minimum absolute atomic E-state index is 0.0608. The van der Waals surface area contributed by atoms with Gasteiger partial charge in [0.1, 0.15) is 12.1 Å². The first-order valence-electron chi connectivity index (χ1n) is 8.14. The zero-order chi connectivity index (χ0) is 18.3. The molecular weight excluding hydrogens is 334 g/mol. The molecule has 0 aromatic rings. The molecule has 2 aliphatic rings. The summed E-state index contributed by atoms with van der Waals surface area (Å²) in [6.45, 7) is 6.54. The maximum Gasteiger partial charge on any atom is 0.325 e. The zero-order valence-corrected chi connectivity index (χ0v) is 15.4. The molecule has 0 saturated carbocycles. The number of nitrogens with one attached hydrogen (secondary N) is 1. The van der Waals surface area contributed by atoms with Crippen LogP contribution in [0.3, 0.4) is 0 Å². The maximum atomic E-state index is 12.8. The van der Waals surface area contributed by atoms with Crippen LogP contribution in [0.2, 0.25) is 0 Å². The van der Waals surface area contributed by atoms with E-state index >= 15 is 0 Å². The molecule has 0 aliphatic carbocycles. The van der Waals surface area contributed by atoms with Crippen LogP contribution in [0.4, 0.5) is 4.79 Å². The molecule has 9 heteroatoms. The highest BCUT2D eigenvalue weighted by atomic mass is 32.2. The van der Waals surface area contributed by atoms with Crippen molar-refractivity contribution in [1.29, 1.82) is 0 Å². The monoisotopic (exact) mass is 359 g/mol. The van der Waals surface area contributed by atoms with Crippen LogP contribution in [0.5, 0.6) is 0 Å². The average molecular weight is 359 g/mol. The van der Waals surface area contributed by atoms with Gasteiger partial charge < -0.3 is 10.2 Å². The minimum Gasteiger partial charge on any atom is -0.334 e. The van der Waals surface area contributed by atoms with Gasteiger partial charge in [0.2, 0.25) is 5.91 Å². The summed E-state index contributed by atoms with van der Waals surface area (Å²) in [4.78, 5) is 39.4. The van der Waals surface area contributed by atoms with Crippen molar-refractivity contribution in [1.82, 2.24) is 15.1 Å². The van der Waals surface area contributed by atoms with Crippen molar-refractivity contribution in [2.24, 2.45) is 0 Å². The molecule has 4 amide bonds. The molecular formula is C15H25N3O5S. The molecule has 1 N–H and O–H groups in total. The van der Waals surface area contributed by atoms with Gasteiger partial charge in [-0.2, -0.15) is 0 Å². The summed E-state index contributed by atoms with van der Waals surface area (Å²) in [5.41, 5.74) is -1.03. The van der Waals surface area contributed by atoms with Crippen LogP contribution in [0.25, 0.3) is 0 Å². The summed E-state index contributed by atoms with van der Waals surface area (Å²) in [6.07, 6.45) is 1.05. The van der Waals surface area contributed by atoms with Gasteiger partial charge in [-0.25, -0.2) is 13.2 Å². The average Bonchev–Trinajstić information content (AvgIpc) is 2.90. The van der Waals surface area contributed by atoms with Crippen molar-refractivity contribution < 1.29 is 22.8 Å². The Balaban J connectivity index is 2.17. The molecule has 8 nitrogen and oxygen atoms in total. The van der Waals surface area contributed by atoms with E-state index in [0.717, 1.165) is 4.90 Å². The highest BCUT2D eigenvalue weighted by molar-refractivity contribution is 7.91. The van der Waals surface area contributed by atoms with E-state index in [4.69, 9.17) is 0 Å². The Bertz CT molecular complexity index is 658.